The van der Waals surface area contributed by atoms with Gasteiger partial charge in [0.15, 0.2) is 5.82 Å². The molecule has 0 saturated carbocycles. The first kappa shape index (κ1) is 11.9. The molecule has 0 atom stereocenters. The van der Waals surface area contributed by atoms with E-state index in [0.29, 0.717) is 5.82 Å². The SMILES string of the molecule is COC(=O)NC(C)(C)c1ncc(Br)cn1. The summed E-state index contributed by atoms with van der Waals surface area (Å²) in [6.45, 7) is 3.60. The zero-order valence-corrected chi connectivity index (χ0v) is 10.3. The molecule has 0 unspecified atom stereocenters. The highest BCUT2D eigenvalue weighted by atomic mass is 79.9. The van der Waals surface area contributed by atoms with Crippen LogP contribution in [-0.2, 0) is 10.3 Å². The zero-order chi connectivity index (χ0) is 11.5. The number of ether oxygens (including phenoxy) is 1. The molecule has 0 saturated heterocycles. The number of carbonyl (C=O) groups excluding carboxylic acids is 1. The van der Waals surface area contributed by atoms with E-state index in [9.17, 15) is 4.79 Å². The molecule has 0 aliphatic heterocycles. The van der Waals surface area contributed by atoms with Gasteiger partial charge in [0.2, 0.25) is 0 Å². The molecule has 0 aliphatic rings. The zero-order valence-electron chi connectivity index (χ0n) is 8.74. The Balaban J connectivity index is 2.85. The highest BCUT2D eigenvalue weighted by molar-refractivity contribution is 9.10. The molecule has 1 N–H and O–H groups in total. The number of amides is 1. The average Bonchev–Trinajstić information content (AvgIpc) is 2.17. The maximum Gasteiger partial charge on any atom is 0.407 e. The number of methoxy groups -OCH3 is 1. The van der Waals surface area contributed by atoms with Gasteiger partial charge in [-0.3, -0.25) is 0 Å². The van der Waals surface area contributed by atoms with E-state index in [2.05, 4.69) is 36.0 Å². The fourth-order valence-electron chi connectivity index (χ4n) is 0.997. The minimum atomic E-state index is -0.659. The topological polar surface area (TPSA) is 64.1 Å². The van der Waals surface area contributed by atoms with Gasteiger partial charge in [-0.05, 0) is 29.8 Å². The van der Waals surface area contributed by atoms with Crippen LogP contribution in [0.5, 0.6) is 0 Å². The lowest BCUT2D eigenvalue weighted by Crippen LogP contribution is -2.42. The van der Waals surface area contributed by atoms with Gasteiger partial charge in [0.1, 0.15) is 0 Å². The smallest absolute Gasteiger partial charge is 0.407 e. The molecule has 0 spiro atoms. The Hall–Kier alpha value is -1.17. The number of aromatic nitrogens is 2. The Morgan fingerprint density at radius 1 is 1.47 bits per heavy atom. The Morgan fingerprint density at radius 3 is 2.47 bits per heavy atom. The van der Waals surface area contributed by atoms with E-state index in [1.807, 2.05) is 0 Å². The van der Waals surface area contributed by atoms with Crippen molar-refractivity contribution in [2.45, 2.75) is 19.4 Å². The van der Waals surface area contributed by atoms with Gasteiger partial charge in [-0.1, -0.05) is 0 Å². The Morgan fingerprint density at radius 2 is 2.00 bits per heavy atom. The van der Waals surface area contributed by atoms with E-state index in [1.54, 1.807) is 26.2 Å². The summed E-state index contributed by atoms with van der Waals surface area (Å²) in [5, 5.41) is 2.64. The van der Waals surface area contributed by atoms with Crippen molar-refractivity contribution in [2.24, 2.45) is 0 Å². The van der Waals surface area contributed by atoms with Crippen molar-refractivity contribution in [1.82, 2.24) is 15.3 Å². The van der Waals surface area contributed by atoms with Gasteiger partial charge in [0.25, 0.3) is 0 Å². The Kier molecular flexibility index (Phi) is 3.62. The number of nitrogens with one attached hydrogen (secondary N) is 1. The standard InChI is InChI=1S/C9H12BrN3O2/c1-9(2,13-8(14)15-3)7-11-4-6(10)5-12-7/h4-5H,1-3H3,(H,13,14). The largest absolute Gasteiger partial charge is 0.453 e. The predicted molar refractivity (Wildman–Crippen MR) is 58.3 cm³/mol. The number of carbonyl (C=O) groups is 1. The molecule has 0 aliphatic carbocycles. The second-order valence-electron chi connectivity index (χ2n) is 3.47. The number of hydrogen-bond acceptors (Lipinski definition) is 4. The van der Waals surface area contributed by atoms with Crippen molar-refractivity contribution in [3.8, 4) is 0 Å². The van der Waals surface area contributed by atoms with E-state index in [-0.39, 0.29) is 0 Å². The lowest BCUT2D eigenvalue weighted by molar-refractivity contribution is 0.158. The summed E-state index contributed by atoms with van der Waals surface area (Å²) in [6.07, 6.45) is 2.75. The van der Waals surface area contributed by atoms with Crippen LogP contribution in [0.3, 0.4) is 0 Å². The Bertz CT molecular complexity index is 351. The number of hydrogen-bond donors (Lipinski definition) is 1. The van der Waals surface area contributed by atoms with Gasteiger partial charge >= 0.3 is 6.09 Å². The van der Waals surface area contributed by atoms with Crippen LogP contribution in [0.2, 0.25) is 0 Å². The first-order valence-corrected chi connectivity index (χ1v) is 5.09. The summed E-state index contributed by atoms with van der Waals surface area (Å²) < 4.78 is 5.31. The van der Waals surface area contributed by atoms with Crippen LogP contribution < -0.4 is 5.32 Å². The third kappa shape index (κ3) is 3.16. The summed E-state index contributed by atoms with van der Waals surface area (Å²) in [4.78, 5) is 19.3. The summed E-state index contributed by atoms with van der Waals surface area (Å²) in [7, 11) is 1.31. The van der Waals surface area contributed by atoms with E-state index in [4.69, 9.17) is 0 Å². The number of rotatable bonds is 2. The van der Waals surface area contributed by atoms with Crippen LogP contribution in [0.15, 0.2) is 16.9 Å². The average molecular weight is 274 g/mol. The first-order valence-electron chi connectivity index (χ1n) is 4.30. The van der Waals surface area contributed by atoms with E-state index in [0.717, 1.165) is 4.47 Å². The third-order valence-corrected chi connectivity index (χ3v) is 2.19. The maximum atomic E-state index is 11.1. The van der Waals surface area contributed by atoms with Crippen LogP contribution >= 0.6 is 15.9 Å². The summed E-state index contributed by atoms with van der Waals surface area (Å²) >= 11 is 3.24. The van der Waals surface area contributed by atoms with E-state index >= 15 is 0 Å². The van der Waals surface area contributed by atoms with Gasteiger partial charge in [-0.15, -0.1) is 0 Å². The molecule has 5 nitrogen and oxygen atoms in total. The lowest BCUT2D eigenvalue weighted by atomic mass is 10.1. The highest BCUT2D eigenvalue weighted by Gasteiger charge is 2.26. The molecule has 0 radical (unpaired) electrons. The summed E-state index contributed by atoms with van der Waals surface area (Å²) in [5.74, 6) is 0.524. The fraction of sp³-hybridized carbons (Fsp3) is 0.444. The van der Waals surface area contributed by atoms with Gasteiger partial charge in [-0.25, -0.2) is 14.8 Å². The first-order chi connectivity index (χ1) is 6.95. The summed E-state index contributed by atoms with van der Waals surface area (Å²) in [6, 6.07) is 0. The molecular formula is C9H12BrN3O2. The molecule has 1 heterocycles. The third-order valence-electron chi connectivity index (χ3n) is 1.78. The van der Waals surface area contributed by atoms with Crippen LogP contribution in [0.25, 0.3) is 0 Å². The predicted octanol–water partition coefficient (Wildman–Crippen LogP) is 1.83. The van der Waals surface area contributed by atoms with Crippen LogP contribution in [0, 0.1) is 0 Å². The van der Waals surface area contributed by atoms with Gasteiger partial charge in [0, 0.05) is 12.4 Å². The van der Waals surface area contributed by atoms with Crippen LogP contribution in [0.1, 0.15) is 19.7 Å². The normalized spacial score (nSPS) is 10.9. The molecule has 1 rings (SSSR count). The van der Waals surface area contributed by atoms with Gasteiger partial charge in [-0.2, -0.15) is 0 Å². The second kappa shape index (κ2) is 4.57. The molecule has 0 bridgehead atoms. The van der Waals surface area contributed by atoms with E-state index in [1.165, 1.54) is 7.11 Å². The molecule has 15 heavy (non-hydrogen) atoms. The Labute approximate surface area is 96.4 Å². The van der Waals surface area contributed by atoms with Gasteiger partial charge in [0.05, 0.1) is 17.1 Å². The molecule has 1 aromatic heterocycles. The maximum absolute atomic E-state index is 11.1. The summed E-state index contributed by atoms with van der Waals surface area (Å²) in [5.41, 5.74) is -0.659. The van der Waals surface area contributed by atoms with Crippen LogP contribution in [0.4, 0.5) is 4.79 Å². The van der Waals surface area contributed by atoms with E-state index < -0.39 is 11.6 Å². The molecule has 6 heteroatoms. The van der Waals surface area contributed by atoms with Crippen molar-refractivity contribution in [1.29, 1.82) is 0 Å². The highest BCUT2D eigenvalue weighted by Crippen LogP contribution is 2.16. The van der Waals surface area contributed by atoms with Crippen molar-refractivity contribution < 1.29 is 9.53 Å². The second-order valence-corrected chi connectivity index (χ2v) is 4.38. The molecule has 82 valence electrons. The van der Waals surface area contributed by atoms with Gasteiger partial charge < -0.3 is 10.1 Å². The number of nitrogens with zero attached hydrogens (tertiary/aromatic N) is 2. The number of halogens is 1. The van der Waals surface area contributed by atoms with Crippen molar-refractivity contribution in [3.05, 3.63) is 22.7 Å². The molecule has 1 amide bonds. The van der Waals surface area contributed by atoms with Crippen molar-refractivity contribution >= 4 is 22.0 Å². The number of alkyl carbamates (subject to hydrolysis) is 1. The lowest BCUT2D eigenvalue weighted by Gasteiger charge is -2.23. The fourth-order valence-corrected chi connectivity index (χ4v) is 1.20. The quantitative estimate of drug-likeness (QED) is 0.893. The molecule has 1 aromatic rings. The minimum absolute atomic E-state index is 0.508. The molecule has 0 aromatic carbocycles. The monoisotopic (exact) mass is 273 g/mol. The van der Waals surface area contributed by atoms with Crippen LogP contribution in [-0.4, -0.2) is 23.2 Å². The molecular weight excluding hydrogens is 262 g/mol. The minimum Gasteiger partial charge on any atom is -0.453 e. The van der Waals surface area contributed by atoms with Crippen molar-refractivity contribution in [3.63, 3.8) is 0 Å². The van der Waals surface area contributed by atoms with Crippen molar-refractivity contribution in [2.75, 3.05) is 7.11 Å². The molecule has 0 fully saturated rings.